The van der Waals surface area contributed by atoms with Crippen LogP contribution in [0.25, 0.3) is 0 Å². The van der Waals surface area contributed by atoms with Crippen LogP contribution in [0.2, 0.25) is 0 Å². The quantitative estimate of drug-likeness (QED) is 0.751. The van der Waals surface area contributed by atoms with Gasteiger partial charge in [-0.2, -0.15) is 0 Å². The minimum absolute atomic E-state index is 0.112. The number of aliphatic hydroxyl groups excluding tert-OH is 1. The molecular formula is C9H12ClNO2. The van der Waals surface area contributed by atoms with Gasteiger partial charge in [-0.05, 0) is 19.1 Å². The maximum atomic E-state index is 8.97. The number of halogens is 1. The van der Waals surface area contributed by atoms with E-state index in [0.29, 0.717) is 23.9 Å². The summed E-state index contributed by atoms with van der Waals surface area (Å²) in [6, 6.07) is 3.63. The van der Waals surface area contributed by atoms with Crippen LogP contribution in [0, 0.1) is 6.92 Å². The number of rotatable bonds is 4. The number of aryl methyl sites for hydroxylation is 1. The third-order valence-corrected chi connectivity index (χ3v) is 1.71. The number of ether oxygens (including phenoxy) is 1. The fourth-order valence-corrected chi connectivity index (χ4v) is 1.07. The summed E-state index contributed by atoms with van der Waals surface area (Å²) >= 11 is 5.47. The first-order chi connectivity index (χ1) is 6.27. The van der Waals surface area contributed by atoms with E-state index in [9.17, 15) is 0 Å². The third kappa shape index (κ3) is 2.86. The molecule has 0 aliphatic heterocycles. The lowest BCUT2D eigenvalue weighted by atomic mass is 10.3. The minimum Gasteiger partial charge on any atom is -0.490 e. The molecule has 0 bridgehead atoms. The van der Waals surface area contributed by atoms with Gasteiger partial charge < -0.3 is 9.84 Å². The Balaban J connectivity index is 2.79. The van der Waals surface area contributed by atoms with Crippen LogP contribution in [-0.4, -0.2) is 22.6 Å². The molecule has 1 heterocycles. The molecule has 0 saturated carbocycles. The van der Waals surface area contributed by atoms with Crippen LogP contribution < -0.4 is 4.74 Å². The minimum atomic E-state index is -0.112. The molecule has 1 N–H and O–H groups in total. The number of alkyl halides is 1. The Labute approximate surface area is 82.3 Å². The molecule has 0 saturated heterocycles. The molecule has 4 heteroatoms. The first-order valence-electron chi connectivity index (χ1n) is 4.04. The molecule has 1 rings (SSSR count). The number of aliphatic hydroxyl groups is 1. The third-order valence-electron chi connectivity index (χ3n) is 1.56. The van der Waals surface area contributed by atoms with E-state index >= 15 is 0 Å². The van der Waals surface area contributed by atoms with Crippen LogP contribution in [0.5, 0.6) is 5.75 Å². The smallest absolute Gasteiger partial charge is 0.143 e. The van der Waals surface area contributed by atoms with Gasteiger partial charge >= 0.3 is 0 Å². The van der Waals surface area contributed by atoms with E-state index in [-0.39, 0.29) is 6.61 Å². The van der Waals surface area contributed by atoms with Gasteiger partial charge in [0.1, 0.15) is 18.1 Å². The van der Waals surface area contributed by atoms with Gasteiger partial charge in [-0.3, -0.25) is 4.98 Å². The zero-order valence-corrected chi connectivity index (χ0v) is 8.21. The topological polar surface area (TPSA) is 42.4 Å². The molecule has 0 atom stereocenters. The van der Waals surface area contributed by atoms with E-state index in [1.165, 1.54) is 0 Å². The Morgan fingerprint density at radius 3 is 2.92 bits per heavy atom. The van der Waals surface area contributed by atoms with E-state index < -0.39 is 0 Å². The summed E-state index contributed by atoms with van der Waals surface area (Å²) in [5, 5.41) is 8.97. The molecule has 0 amide bonds. The SMILES string of the molecule is Cc1ccc(OCCCl)c(CO)n1. The maximum Gasteiger partial charge on any atom is 0.143 e. The summed E-state index contributed by atoms with van der Waals surface area (Å²) in [4.78, 5) is 4.13. The number of hydrogen-bond donors (Lipinski definition) is 1. The highest BCUT2D eigenvalue weighted by Crippen LogP contribution is 2.16. The standard InChI is InChI=1S/C9H12ClNO2/c1-7-2-3-9(13-5-4-10)8(6-12)11-7/h2-3,12H,4-6H2,1H3. The van der Waals surface area contributed by atoms with Gasteiger partial charge in [0, 0.05) is 5.69 Å². The summed E-state index contributed by atoms with van der Waals surface area (Å²) in [5.74, 6) is 1.03. The predicted molar refractivity (Wildman–Crippen MR) is 51.1 cm³/mol. The first kappa shape index (κ1) is 10.3. The number of aromatic nitrogens is 1. The lowest BCUT2D eigenvalue weighted by Crippen LogP contribution is -2.03. The molecule has 0 aliphatic rings. The Morgan fingerprint density at radius 2 is 2.31 bits per heavy atom. The highest BCUT2D eigenvalue weighted by atomic mass is 35.5. The number of pyridine rings is 1. The van der Waals surface area contributed by atoms with Gasteiger partial charge in [-0.1, -0.05) is 0 Å². The largest absolute Gasteiger partial charge is 0.490 e. The highest BCUT2D eigenvalue weighted by molar-refractivity contribution is 6.17. The van der Waals surface area contributed by atoms with Gasteiger partial charge in [0.05, 0.1) is 12.5 Å². The summed E-state index contributed by atoms with van der Waals surface area (Å²) in [5.41, 5.74) is 1.42. The average molecular weight is 202 g/mol. The zero-order chi connectivity index (χ0) is 9.68. The summed E-state index contributed by atoms with van der Waals surface area (Å²) in [6.07, 6.45) is 0. The molecule has 1 aromatic heterocycles. The maximum absolute atomic E-state index is 8.97. The Morgan fingerprint density at radius 1 is 1.54 bits per heavy atom. The summed E-state index contributed by atoms with van der Waals surface area (Å²) in [6.45, 7) is 2.18. The molecule has 0 spiro atoms. The predicted octanol–water partition coefficient (Wildman–Crippen LogP) is 1.50. The lowest BCUT2D eigenvalue weighted by molar-refractivity contribution is 0.261. The number of hydrogen-bond acceptors (Lipinski definition) is 3. The monoisotopic (exact) mass is 201 g/mol. The van der Waals surface area contributed by atoms with Gasteiger partial charge in [0.15, 0.2) is 0 Å². The van der Waals surface area contributed by atoms with Crippen molar-refractivity contribution in [2.45, 2.75) is 13.5 Å². The van der Waals surface area contributed by atoms with E-state index in [2.05, 4.69) is 4.98 Å². The van der Waals surface area contributed by atoms with Crippen molar-refractivity contribution in [3.8, 4) is 5.75 Å². The van der Waals surface area contributed by atoms with Crippen molar-refractivity contribution in [3.05, 3.63) is 23.5 Å². The zero-order valence-electron chi connectivity index (χ0n) is 7.46. The Kier molecular flexibility index (Phi) is 3.99. The normalized spacial score (nSPS) is 10.1. The first-order valence-corrected chi connectivity index (χ1v) is 4.57. The molecule has 3 nitrogen and oxygen atoms in total. The molecule has 0 radical (unpaired) electrons. The molecule has 72 valence electrons. The van der Waals surface area contributed by atoms with Crippen LogP contribution >= 0.6 is 11.6 Å². The Bertz CT molecular complexity index is 278. The van der Waals surface area contributed by atoms with Gasteiger partial charge in [-0.25, -0.2) is 0 Å². The average Bonchev–Trinajstić information content (AvgIpc) is 2.16. The Hall–Kier alpha value is -0.800. The van der Waals surface area contributed by atoms with E-state index in [1.54, 1.807) is 6.07 Å². The van der Waals surface area contributed by atoms with Gasteiger partial charge in [0.25, 0.3) is 0 Å². The van der Waals surface area contributed by atoms with Crippen molar-refractivity contribution in [2.75, 3.05) is 12.5 Å². The fourth-order valence-electron chi connectivity index (χ4n) is 0.991. The number of nitrogens with zero attached hydrogens (tertiary/aromatic N) is 1. The molecule has 0 fully saturated rings. The highest BCUT2D eigenvalue weighted by Gasteiger charge is 2.03. The fraction of sp³-hybridized carbons (Fsp3) is 0.444. The van der Waals surface area contributed by atoms with Crippen LogP contribution in [0.3, 0.4) is 0 Å². The van der Waals surface area contributed by atoms with Crippen LogP contribution in [0.4, 0.5) is 0 Å². The van der Waals surface area contributed by atoms with E-state index in [4.69, 9.17) is 21.4 Å². The van der Waals surface area contributed by atoms with E-state index in [1.807, 2.05) is 13.0 Å². The van der Waals surface area contributed by atoms with Gasteiger partial charge in [-0.15, -0.1) is 11.6 Å². The van der Waals surface area contributed by atoms with Crippen LogP contribution in [-0.2, 0) is 6.61 Å². The van der Waals surface area contributed by atoms with Gasteiger partial charge in [0.2, 0.25) is 0 Å². The van der Waals surface area contributed by atoms with Crippen molar-refractivity contribution in [1.82, 2.24) is 4.98 Å². The molecule has 0 aliphatic carbocycles. The van der Waals surface area contributed by atoms with Crippen LogP contribution in [0.1, 0.15) is 11.4 Å². The summed E-state index contributed by atoms with van der Waals surface area (Å²) < 4.78 is 5.28. The summed E-state index contributed by atoms with van der Waals surface area (Å²) in [7, 11) is 0. The second-order valence-corrected chi connectivity index (χ2v) is 2.97. The van der Waals surface area contributed by atoms with Crippen molar-refractivity contribution in [3.63, 3.8) is 0 Å². The van der Waals surface area contributed by atoms with Crippen molar-refractivity contribution in [2.24, 2.45) is 0 Å². The van der Waals surface area contributed by atoms with Crippen molar-refractivity contribution in [1.29, 1.82) is 0 Å². The molecular weight excluding hydrogens is 190 g/mol. The molecule has 1 aromatic rings. The van der Waals surface area contributed by atoms with Crippen molar-refractivity contribution < 1.29 is 9.84 Å². The molecule has 0 aromatic carbocycles. The second kappa shape index (κ2) is 5.04. The van der Waals surface area contributed by atoms with E-state index in [0.717, 1.165) is 5.69 Å². The lowest BCUT2D eigenvalue weighted by Gasteiger charge is -2.08. The van der Waals surface area contributed by atoms with Crippen molar-refractivity contribution >= 4 is 11.6 Å². The van der Waals surface area contributed by atoms with Crippen LogP contribution in [0.15, 0.2) is 12.1 Å². The molecule has 13 heavy (non-hydrogen) atoms. The molecule has 0 unspecified atom stereocenters. The second-order valence-electron chi connectivity index (χ2n) is 2.59.